The van der Waals surface area contributed by atoms with Gasteiger partial charge in [0.05, 0.1) is 13.0 Å². The van der Waals surface area contributed by atoms with Gasteiger partial charge < -0.3 is 4.74 Å². The molecule has 0 radical (unpaired) electrons. The molecule has 2 nitrogen and oxygen atoms in total. The molecule has 2 rings (SSSR count). The lowest BCUT2D eigenvalue weighted by atomic mass is 9.97. The molecule has 110 valence electrons. The van der Waals surface area contributed by atoms with Gasteiger partial charge in [0, 0.05) is 17.2 Å². The number of rotatable bonds is 3. The fraction of sp³-hybridized carbons (Fsp3) is 0.188. The van der Waals surface area contributed by atoms with Crippen molar-refractivity contribution in [2.24, 2.45) is 0 Å². The van der Waals surface area contributed by atoms with Gasteiger partial charge >= 0.3 is 5.97 Å². The number of halogens is 3. The van der Waals surface area contributed by atoms with Crippen LogP contribution in [0.2, 0.25) is 0 Å². The Labute approximate surface area is 120 Å². The smallest absolute Gasteiger partial charge is 0.312 e. The molecule has 2 aromatic carbocycles. The van der Waals surface area contributed by atoms with Crippen LogP contribution in [-0.2, 0) is 9.53 Å². The van der Waals surface area contributed by atoms with E-state index in [2.05, 4.69) is 4.74 Å². The molecule has 0 saturated heterocycles. The summed E-state index contributed by atoms with van der Waals surface area (Å²) in [6.07, 6.45) is 0. The van der Waals surface area contributed by atoms with Crippen molar-refractivity contribution in [1.82, 2.24) is 0 Å². The molecule has 0 heterocycles. The lowest BCUT2D eigenvalue weighted by Gasteiger charge is -2.12. The van der Waals surface area contributed by atoms with Crippen molar-refractivity contribution in [2.45, 2.75) is 12.8 Å². The Morgan fingerprint density at radius 3 is 2.10 bits per heavy atom. The van der Waals surface area contributed by atoms with Crippen molar-refractivity contribution >= 4 is 5.97 Å². The van der Waals surface area contributed by atoms with Crippen LogP contribution in [0.4, 0.5) is 13.2 Å². The van der Waals surface area contributed by atoms with E-state index in [-0.39, 0.29) is 11.1 Å². The summed E-state index contributed by atoms with van der Waals surface area (Å²) < 4.78 is 45.3. The summed E-state index contributed by atoms with van der Waals surface area (Å²) in [5.74, 6) is -3.38. The van der Waals surface area contributed by atoms with Crippen molar-refractivity contribution in [3.63, 3.8) is 0 Å². The lowest BCUT2D eigenvalue weighted by Crippen LogP contribution is -2.11. The van der Waals surface area contributed by atoms with E-state index in [0.29, 0.717) is 11.6 Å². The molecule has 0 N–H and O–H groups in total. The fourth-order valence-corrected chi connectivity index (χ4v) is 2.04. The first-order chi connectivity index (χ1) is 9.93. The number of carbonyl (C=O) groups excluding carboxylic acids is 1. The molecule has 0 bridgehead atoms. The second kappa shape index (κ2) is 5.99. The van der Waals surface area contributed by atoms with Crippen molar-refractivity contribution in [3.05, 3.63) is 59.4 Å². The van der Waals surface area contributed by atoms with E-state index in [1.807, 2.05) is 0 Å². The van der Waals surface area contributed by atoms with E-state index in [4.69, 9.17) is 0 Å². The van der Waals surface area contributed by atoms with E-state index < -0.39 is 29.3 Å². The Morgan fingerprint density at radius 1 is 1.00 bits per heavy atom. The largest absolute Gasteiger partial charge is 0.469 e. The second-order valence-electron chi connectivity index (χ2n) is 4.61. The minimum absolute atomic E-state index is 0.00770. The number of hydrogen-bond donors (Lipinski definition) is 0. The molecule has 1 atom stereocenters. The van der Waals surface area contributed by atoms with Crippen molar-refractivity contribution in [3.8, 4) is 11.1 Å². The number of benzene rings is 2. The van der Waals surface area contributed by atoms with Crippen LogP contribution in [0.15, 0.2) is 36.4 Å². The third-order valence-electron chi connectivity index (χ3n) is 3.27. The van der Waals surface area contributed by atoms with Crippen LogP contribution in [0.1, 0.15) is 18.4 Å². The van der Waals surface area contributed by atoms with Crippen molar-refractivity contribution < 1.29 is 22.7 Å². The molecule has 21 heavy (non-hydrogen) atoms. The van der Waals surface area contributed by atoms with Gasteiger partial charge in [-0.15, -0.1) is 0 Å². The fourth-order valence-electron chi connectivity index (χ4n) is 2.04. The van der Waals surface area contributed by atoms with Crippen LogP contribution in [0.3, 0.4) is 0 Å². The van der Waals surface area contributed by atoms with Gasteiger partial charge in [0.1, 0.15) is 17.5 Å². The van der Waals surface area contributed by atoms with E-state index in [1.54, 1.807) is 6.92 Å². The maximum Gasteiger partial charge on any atom is 0.312 e. The third-order valence-corrected chi connectivity index (χ3v) is 3.27. The number of esters is 1. The second-order valence-corrected chi connectivity index (χ2v) is 4.61. The average Bonchev–Trinajstić information content (AvgIpc) is 2.46. The summed E-state index contributed by atoms with van der Waals surface area (Å²) in [6, 6.07) is 6.96. The molecule has 5 heteroatoms. The van der Waals surface area contributed by atoms with Crippen LogP contribution in [0, 0.1) is 17.5 Å². The Hall–Kier alpha value is -2.30. The monoisotopic (exact) mass is 294 g/mol. The third kappa shape index (κ3) is 3.07. The van der Waals surface area contributed by atoms with E-state index in [0.717, 1.165) is 12.1 Å². The molecule has 0 fully saturated rings. The van der Waals surface area contributed by atoms with Gasteiger partial charge in [-0.1, -0.05) is 12.1 Å². The van der Waals surface area contributed by atoms with E-state index in [9.17, 15) is 18.0 Å². The lowest BCUT2D eigenvalue weighted by molar-refractivity contribution is -0.141. The summed E-state index contributed by atoms with van der Waals surface area (Å²) >= 11 is 0. The maximum atomic E-state index is 14.1. The number of hydrogen-bond acceptors (Lipinski definition) is 2. The Bertz CT molecular complexity index is 683. The van der Waals surface area contributed by atoms with Crippen LogP contribution in [0.25, 0.3) is 11.1 Å². The first kappa shape index (κ1) is 15.1. The SMILES string of the molecule is COC(=O)C(C)c1ccc(-c2ccc(F)cc2F)c(F)c1. The predicted octanol–water partition coefficient (Wildman–Crippen LogP) is 4.05. The molecule has 0 aliphatic heterocycles. The predicted molar refractivity (Wildman–Crippen MR) is 72.2 cm³/mol. The van der Waals surface area contributed by atoms with Crippen LogP contribution in [0.5, 0.6) is 0 Å². The molecule has 2 aromatic rings. The molecule has 0 amide bonds. The average molecular weight is 294 g/mol. The van der Waals surface area contributed by atoms with Crippen LogP contribution < -0.4 is 0 Å². The zero-order valence-electron chi connectivity index (χ0n) is 11.5. The Balaban J connectivity index is 2.42. The van der Waals surface area contributed by atoms with Gasteiger partial charge in [-0.05, 0) is 30.7 Å². The highest BCUT2D eigenvalue weighted by molar-refractivity contribution is 5.78. The topological polar surface area (TPSA) is 26.3 Å². The van der Waals surface area contributed by atoms with Gasteiger partial charge in [0.2, 0.25) is 0 Å². The normalized spacial score (nSPS) is 12.0. The molecule has 0 aliphatic rings. The molecule has 0 aliphatic carbocycles. The zero-order valence-corrected chi connectivity index (χ0v) is 11.5. The quantitative estimate of drug-likeness (QED) is 0.798. The van der Waals surface area contributed by atoms with Gasteiger partial charge in [-0.25, -0.2) is 13.2 Å². The molecule has 0 saturated carbocycles. The molecule has 1 unspecified atom stereocenters. The summed E-state index contributed by atoms with van der Waals surface area (Å²) in [6.45, 7) is 1.58. The van der Waals surface area contributed by atoms with Gasteiger partial charge in [0.15, 0.2) is 0 Å². The standard InChI is InChI=1S/C16H13F3O2/c1-9(16(20)21-2)10-3-5-12(14(18)7-10)13-6-4-11(17)8-15(13)19/h3-9H,1-2H3. The Morgan fingerprint density at radius 2 is 1.57 bits per heavy atom. The van der Waals surface area contributed by atoms with E-state index >= 15 is 0 Å². The molecule has 0 aromatic heterocycles. The minimum Gasteiger partial charge on any atom is -0.469 e. The highest BCUT2D eigenvalue weighted by atomic mass is 19.1. The van der Waals surface area contributed by atoms with Gasteiger partial charge in [-0.3, -0.25) is 4.79 Å². The zero-order chi connectivity index (χ0) is 15.6. The summed E-state index contributed by atoms with van der Waals surface area (Å²) in [7, 11) is 1.25. The minimum atomic E-state index is -0.845. The molecular formula is C16H13F3O2. The number of carbonyl (C=O) groups is 1. The maximum absolute atomic E-state index is 14.1. The number of methoxy groups -OCH3 is 1. The first-order valence-corrected chi connectivity index (χ1v) is 6.26. The number of ether oxygens (including phenoxy) is 1. The van der Waals surface area contributed by atoms with E-state index in [1.165, 1.54) is 25.3 Å². The van der Waals surface area contributed by atoms with Crippen molar-refractivity contribution in [2.75, 3.05) is 7.11 Å². The highest BCUT2D eigenvalue weighted by Crippen LogP contribution is 2.29. The first-order valence-electron chi connectivity index (χ1n) is 6.26. The summed E-state index contributed by atoms with van der Waals surface area (Å²) in [5, 5.41) is 0. The Kier molecular flexibility index (Phi) is 4.31. The van der Waals surface area contributed by atoms with Crippen LogP contribution in [-0.4, -0.2) is 13.1 Å². The highest BCUT2D eigenvalue weighted by Gasteiger charge is 2.18. The van der Waals surface area contributed by atoms with Crippen LogP contribution >= 0.6 is 0 Å². The van der Waals surface area contributed by atoms with Gasteiger partial charge in [-0.2, -0.15) is 0 Å². The molecular weight excluding hydrogens is 281 g/mol. The summed E-state index contributed by atoms with van der Waals surface area (Å²) in [5.41, 5.74) is 0.394. The van der Waals surface area contributed by atoms with Gasteiger partial charge in [0.25, 0.3) is 0 Å². The summed E-state index contributed by atoms with van der Waals surface area (Å²) in [4.78, 5) is 11.4. The van der Waals surface area contributed by atoms with Crippen molar-refractivity contribution in [1.29, 1.82) is 0 Å². The molecule has 0 spiro atoms.